The van der Waals surface area contributed by atoms with E-state index in [-0.39, 0.29) is 6.04 Å². The molecule has 2 N–H and O–H groups in total. The lowest BCUT2D eigenvalue weighted by atomic mass is 9.99. The third-order valence-corrected chi connectivity index (χ3v) is 3.69. The highest BCUT2D eigenvalue weighted by Gasteiger charge is 2.27. The van der Waals surface area contributed by atoms with E-state index >= 15 is 0 Å². The fourth-order valence-corrected chi connectivity index (χ4v) is 2.21. The first-order chi connectivity index (χ1) is 8.08. The Hall–Kier alpha value is -0.860. The topological polar surface area (TPSA) is 29.3 Å². The van der Waals surface area contributed by atoms with E-state index in [4.69, 9.17) is 5.73 Å². The summed E-state index contributed by atoms with van der Waals surface area (Å²) in [6.45, 7) is 5.40. The molecule has 0 heterocycles. The standard InChI is InChI=1S/C15H24N2/c1-11(2)12-4-6-13(7-5-12)15(16)10-17(3)14-8-9-14/h4-7,11,14-15H,8-10,16H2,1-3H3. The van der Waals surface area contributed by atoms with Crippen LogP contribution in [0.5, 0.6) is 0 Å². The van der Waals surface area contributed by atoms with Gasteiger partial charge >= 0.3 is 0 Å². The van der Waals surface area contributed by atoms with Gasteiger partial charge in [-0.1, -0.05) is 38.1 Å². The minimum atomic E-state index is 0.141. The normalized spacial score (nSPS) is 17.8. The van der Waals surface area contributed by atoms with Crippen molar-refractivity contribution in [2.75, 3.05) is 13.6 Å². The maximum absolute atomic E-state index is 6.25. The lowest BCUT2D eigenvalue weighted by Crippen LogP contribution is -2.30. The van der Waals surface area contributed by atoms with Crippen LogP contribution in [0.3, 0.4) is 0 Å². The third kappa shape index (κ3) is 3.30. The third-order valence-electron chi connectivity index (χ3n) is 3.69. The molecule has 1 aromatic rings. The molecule has 1 unspecified atom stereocenters. The first-order valence-corrected chi connectivity index (χ1v) is 6.63. The molecule has 0 spiro atoms. The number of hydrogen-bond acceptors (Lipinski definition) is 2. The first kappa shape index (κ1) is 12.6. The predicted octanol–water partition coefficient (Wildman–Crippen LogP) is 2.90. The number of benzene rings is 1. The van der Waals surface area contributed by atoms with E-state index in [2.05, 4.69) is 50.1 Å². The van der Waals surface area contributed by atoms with E-state index < -0.39 is 0 Å². The number of hydrogen-bond donors (Lipinski definition) is 1. The maximum atomic E-state index is 6.25. The van der Waals surface area contributed by atoms with Gasteiger partial charge in [-0.05, 0) is 36.9 Å². The van der Waals surface area contributed by atoms with Crippen LogP contribution < -0.4 is 5.73 Å². The van der Waals surface area contributed by atoms with Crippen LogP contribution in [-0.2, 0) is 0 Å². The Labute approximate surface area is 105 Å². The summed E-state index contributed by atoms with van der Waals surface area (Å²) < 4.78 is 0. The average Bonchev–Trinajstić information content (AvgIpc) is 3.12. The van der Waals surface area contributed by atoms with Crippen LogP contribution >= 0.6 is 0 Å². The SMILES string of the molecule is CC(C)c1ccc(C(N)CN(C)C2CC2)cc1. The highest BCUT2D eigenvalue weighted by molar-refractivity contribution is 5.26. The van der Waals surface area contributed by atoms with Crippen LogP contribution in [0.25, 0.3) is 0 Å². The lowest BCUT2D eigenvalue weighted by Gasteiger charge is -2.21. The fraction of sp³-hybridized carbons (Fsp3) is 0.600. The summed E-state index contributed by atoms with van der Waals surface area (Å²) in [7, 11) is 2.18. The van der Waals surface area contributed by atoms with Gasteiger partial charge < -0.3 is 10.6 Å². The minimum Gasteiger partial charge on any atom is -0.323 e. The predicted molar refractivity (Wildman–Crippen MR) is 73.1 cm³/mol. The molecule has 2 nitrogen and oxygen atoms in total. The number of likely N-dealkylation sites (N-methyl/N-ethyl adjacent to an activating group) is 1. The molecule has 1 aromatic carbocycles. The zero-order valence-electron chi connectivity index (χ0n) is 11.2. The van der Waals surface area contributed by atoms with Crippen LogP contribution in [0.15, 0.2) is 24.3 Å². The molecule has 2 rings (SSSR count). The Morgan fingerprint density at radius 1 is 1.18 bits per heavy atom. The van der Waals surface area contributed by atoms with Gasteiger partial charge in [0.15, 0.2) is 0 Å². The van der Waals surface area contributed by atoms with Crippen LogP contribution in [-0.4, -0.2) is 24.5 Å². The van der Waals surface area contributed by atoms with Gasteiger partial charge in [-0.25, -0.2) is 0 Å². The molecule has 1 atom stereocenters. The summed E-state index contributed by atoms with van der Waals surface area (Å²) in [5.41, 5.74) is 8.88. The number of rotatable bonds is 5. The van der Waals surface area contributed by atoms with Gasteiger partial charge in [0.1, 0.15) is 0 Å². The zero-order chi connectivity index (χ0) is 12.4. The second-order valence-corrected chi connectivity index (χ2v) is 5.60. The van der Waals surface area contributed by atoms with Gasteiger partial charge in [0.05, 0.1) is 0 Å². The summed E-state index contributed by atoms with van der Waals surface area (Å²) in [4.78, 5) is 2.39. The van der Waals surface area contributed by atoms with Crippen molar-refractivity contribution >= 4 is 0 Å². The molecule has 0 bridgehead atoms. The molecule has 17 heavy (non-hydrogen) atoms. The molecule has 94 valence electrons. The summed E-state index contributed by atoms with van der Waals surface area (Å²) in [5.74, 6) is 0.592. The van der Waals surface area contributed by atoms with E-state index in [1.807, 2.05) is 0 Å². The average molecular weight is 232 g/mol. The van der Waals surface area contributed by atoms with Crippen molar-refractivity contribution in [3.63, 3.8) is 0 Å². The molecule has 0 aliphatic heterocycles. The monoisotopic (exact) mass is 232 g/mol. The fourth-order valence-electron chi connectivity index (χ4n) is 2.21. The van der Waals surface area contributed by atoms with E-state index in [1.165, 1.54) is 24.0 Å². The quantitative estimate of drug-likeness (QED) is 0.846. The molecule has 0 radical (unpaired) electrons. The van der Waals surface area contributed by atoms with Crippen LogP contribution in [0.2, 0.25) is 0 Å². The Morgan fingerprint density at radius 2 is 1.71 bits per heavy atom. The second kappa shape index (κ2) is 5.19. The smallest absolute Gasteiger partial charge is 0.0424 e. The van der Waals surface area contributed by atoms with Gasteiger partial charge in [-0.15, -0.1) is 0 Å². The van der Waals surface area contributed by atoms with E-state index in [0.717, 1.165) is 12.6 Å². The van der Waals surface area contributed by atoms with Gasteiger partial charge in [-0.3, -0.25) is 0 Å². The highest BCUT2D eigenvalue weighted by Crippen LogP contribution is 2.27. The van der Waals surface area contributed by atoms with Crippen molar-refractivity contribution in [3.8, 4) is 0 Å². The van der Waals surface area contributed by atoms with E-state index in [9.17, 15) is 0 Å². The van der Waals surface area contributed by atoms with Gasteiger partial charge in [0.2, 0.25) is 0 Å². The number of nitrogens with two attached hydrogens (primary N) is 1. The van der Waals surface area contributed by atoms with Crippen molar-refractivity contribution in [3.05, 3.63) is 35.4 Å². The van der Waals surface area contributed by atoms with Crippen LogP contribution in [0.1, 0.15) is 49.8 Å². The molecule has 1 aliphatic carbocycles. The maximum Gasteiger partial charge on any atom is 0.0424 e. The summed E-state index contributed by atoms with van der Waals surface area (Å²) in [5, 5.41) is 0. The van der Waals surface area contributed by atoms with Crippen molar-refractivity contribution in [1.29, 1.82) is 0 Å². The molecule has 0 aromatic heterocycles. The largest absolute Gasteiger partial charge is 0.323 e. The molecule has 1 aliphatic rings. The summed E-state index contributed by atoms with van der Waals surface area (Å²) >= 11 is 0. The van der Waals surface area contributed by atoms with Crippen molar-refractivity contribution < 1.29 is 0 Å². The Kier molecular flexibility index (Phi) is 3.85. The lowest BCUT2D eigenvalue weighted by molar-refractivity contribution is 0.303. The number of nitrogens with zero attached hydrogens (tertiary/aromatic N) is 1. The molecule has 1 fully saturated rings. The Balaban J connectivity index is 1.95. The molecular weight excluding hydrogens is 208 g/mol. The molecule has 0 amide bonds. The van der Waals surface area contributed by atoms with Crippen molar-refractivity contribution in [2.24, 2.45) is 5.73 Å². The van der Waals surface area contributed by atoms with Gasteiger partial charge in [-0.2, -0.15) is 0 Å². The Morgan fingerprint density at radius 3 is 2.18 bits per heavy atom. The van der Waals surface area contributed by atoms with E-state index in [0.29, 0.717) is 5.92 Å². The van der Waals surface area contributed by atoms with E-state index in [1.54, 1.807) is 0 Å². The minimum absolute atomic E-state index is 0.141. The summed E-state index contributed by atoms with van der Waals surface area (Å²) in [6, 6.07) is 9.70. The molecule has 1 saturated carbocycles. The molecular formula is C15H24N2. The second-order valence-electron chi connectivity index (χ2n) is 5.60. The van der Waals surface area contributed by atoms with Gasteiger partial charge in [0, 0.05) is 18.6 Å². The van der Waals surface area contributed by atoms with Crippen molar-refractivity contribution in [2.45, 2.75) is 44.7 Å². The summed E-state index contributed by atoms with van der Waals surface area (Å²) in [6.07, 6.45) is 2.69. The highest BCUT2D eigenvalue weighted by atomic mass is 15.2. The first-order valence-electron chi connectivity index (χ1n) is 6.63. The molecule has 2 heteroatoms. The van der Waals surface area contributed by atoms with Gasteiger partial charge in [0.25, 0.3) is 0 Å². The molecule has 0 saturated heterocycles. The van der Waals surface area contributed by atoms with Crippen LogP contribution in [0, 0.1) is 0 Å². The zero-order valence-corrected chi connectivity index (χ0v) is 11.2. The Bertz CT molecular complexity index is 352. The van der Waals surface area contributed by atoms with Crippen LogP contribution in [0.4, 0.5) is 0 Å². The van der Waals surface area contributed by atoms with Crippen molar-refractivity contribution in [1.82, 2.24) is 4.90 Å².